The molecule has 2 nitrogen and oxygen atoms in total. The van der Waals surface area contributed by atoms with Gasteiger partial charge in [0.05, 0.1) is 10.8 Å². The minimum atomic E-state index is -0.0365. The second-order valence-electron chi connectivity index (χ2n) is 6.68. The Morgan fingerprint density at radius 3 is 2.00 bits per heavy atom. The van der Waals surface area contributed by atoms with E-state index >= 15 is 0 Å². The Balaban J connectivity index is 2.00. The number of hydrogen-bond acceptors (Lipinski definition) is 3. The molecule has 0 amide bonds. The number of benzene rings is 4. The highest BCUT2D eigenvalue weighted by Gasteiger charge is 2.19. The lowest BCUT2D eigenvalue weighted by atomic mass is 9.94. The predicted molar refractivity (Wildman–Crippen MR) is 118 cm³/mol. The first kappa shape index (κ1) is 16.8. The van der Waals surface area contributed by atoms with Crippen molar-refractivity contribution in [3.05, 3.63) is 101 Å². The van der Waals surface area contributed by atoms with Crippen LogP contribution < -0.4 is 5.43 Å². The lowest BCUT2D eigenvalue weighted by Crippen LogP contribution is -2.05. The Bertz CT molecular complexity index is 1370. The number of para-hydroxylation sites is 1. The van der Waals surface area contributed by atoms with Gasteiger partial charge in [-0.2, -0.15) is 0 Å². The molecule has 0 unspecified atom stereocenters. The first-order valence-corrected chi connectivity index (χ1v) is 9.51. The van der Waals surface area contributed by atoms with Crippen LogP contribution in [0.3, 0.4) is 0 Å². The molecule has 5 rings (SSSR count). The molecule has 0 saturated heterocycles. The zero-order valence-corrected chi connectivity index (χ0v) is 15.8. The van der Waals surface area contributed by atoms with Gasteiger partial charge < -0.3 is 4.42 Å². The fraction of sp³-hybridized carbons (Fsp3) is 0. The highest BCUT2D eigenvalue weighted by atomic mass is 32.1. The quantitative estimate of drug-likeness (QED) is 0.277. The van der Waals surface area contributed by atoms with Gasteiger partial charge in [-0.3, -0.25) is 4.79 Å². The van der Waals surface area contributed by atoms with Gasteiger partial charge in [0.2, 0.25) is 5.43 Å². The van der Waals surface area contributed by atoms with E-state index < -0.39 is 0 Å². The Morgan fingerprint density at radius 2 is 1.29 bits per heavy atom. The molecule has 0 aliphatic rings. The van der Waals surface area contributed by atoms with Gasteiger partial charge in [-0.1, -0.05) is 72.8 Å². The minimum Gasteiger partial charge on any atom is -0.456 e. The van der Waals surface area contributed by atoms with Gasteiger partial charge in [0, 0.05) is 10.5 Å². The molecule has 0 radical (unpaired) electrons. The summed E-state index contributed by atoms with van der Waals surface area (Å²) in [6.45, 7) is 0. The van der Waals surface area contributed by atoms with Gasteiger partial charge in [-0.25, -0.2) is 0 Å². The first-order chi connectivity index (χ1) is 13.7. The van der Waals surface area contributed by atoms with E-state index in [2.05, 4.69) is 0 Å². The Hall–Kier alpha value is -3.30. The van der Waals surface area contributed by atoms with Crippen LogP contribution in [0.15, 0.2) is 105 Å². The van der Waals surface area contributed by atoms with Crippen LogP contribution in [-0.2, 0) is 0 Å². The Kier molecular flexibility index (Phi) is 4.03. The fourth-order valence-corrected chi connectivity index (χ4v) is 4.11. The number of hydrogen-bond donors (Lipinski definition) is 1. The molecule has 28 heavy (non-hydrogen) atoms. The van der Waals surface area contributed by atoms with Crippen LogP contribution in [0.5, 0.6) is 0 Å². The van der Waals surface area contributed by atoms with Crippen LogP contribution in [0.25, 0.3) is 44.2 Å². The molecule has 0 N–H and O–H groups in total. The van der Waals surface area contributed by atoms with Crippen molar-refractivity contribution < 1.29 is 4.42 Å². The first-order valence-electron chi connectivity index (χ1n) is 9.06. The van der Waals surface area contributed by atoms with E-state index in [4.69, 9.17) is 17.0 Å². The predicted octanol–water partition coefficient (Wildman–Crippen LogP) is 6.57. The Labute approximate surface area is 167 Å². The minimum absolute atomic E-state index is 0.0365. The van der Waals surface area contributed by atoms with Crippen LogP contribution in [0.2, 0.25) is 0 Å². The standard InChI is InChI=1S/C25H16O2S/c26-24-18-13-7-8-14-20(18)27-21-15-19(16-9-3-1-4-10-16)25(28)22(23(21)24)17-11-5-2-6-12-17/h1-15,28H. The van der Waals surface area contributed by atoms with E-state index in [0.29, 0.717) is 21.9 Å². The molecule has 0 aliphatic carbocycles. The number of thiol groups is 1. The molecule has 5 aromatic rings. The van der Waals surface area contributed by atoms with Gasteiger partial charge in [0.15, 0.2) is 0 Å². The van der Waals surface area contributed by atoms with Crippen LogP contribution in [-0.4, -0.2) is 0 Å². The molecule has 1 heterocycles. The molecule has 3 heteroatoms. The lowest BCUT2D eigenvalue weighted by Gasteiger charge is -2.15. The molecule has 0 spiro atoms. The molecule has 134 valence electrons. The second kappa shape index (κ2) is 6.70. The van der Waals surface area contributed by atoms with Crippen molar-refractivity contribution >= 4 is 34.6 Å². The van der Waals surface area contributed by atoms with E-state index in [-0.39, 0.29) is 5.43 Å². The van der Waals surface area contributed by atoms with Crippen LogP contribution in [0.1, 0.15) is 0 Å². The molecule has 0 aliphatic heterocycles. The highest BCUT2D eigenvalue weighted by Crippen LogP contribution is 2.40. The Morgan fingerprint density at radius 1 is 0.679 bits per heavy atom. The molecule has 4 aromatic carbocycles. The highest BCUT2D eigenvalue weighted by molar-refractivity contribution is 7.80. The van der Waals surface area contributed by atoms with Gasteiger partial charge >= 0.3 is 0 Å². The monoisotopic (exact) mass is 380 g/mol. The maximum absolute atomic E-state index is 13.4. The summed E-state index contributed by atoms with van der Waals surface area (Å²) in [4.78, 5) is 14.2. The van der Waals surface area contributed by atoms with Crippen molar-refractivity contribution in [1.82, 2.24) is 0 Å². The van der Waals surface area contributed by atoms with E-state index in [1.54, 1.807) is 6.07 Å². The summed E-state index contributed by atoms with van der Waals surface area (Å²) >= 11 is 4.87. The zero-order valence-electron chi connectivity index (χ0n) is 14.9. The third-order valence-electron chi connectivity index (χ3n) is 4.99. The molecule has 0 atom stereocenters. The third-order valence-corrected chi connectivity index (χ3v) is 5.45. The smallest absolute Gasteiger partial charge is 0.201 e. The van der Waals surface area contributed by atoms with Crippen molar-refractivity contribution in [3.8, 4) is 22.3 Å². The van der Waals surface area contributed by atoms with E-state index in [1.807, 2.05) is 84.9 Å². The normalized spacial score (nSPS) is 11.2. The van der Waals surface area contributed by atoms with Crippen LogP contribution in [0, 0.1) is 0 Å². The SMILES string of the molecule is O=c1c2ccccc2oc2cc(-c3ccccc3)c(S)c(-c3ccccc3)c12. The van der Waals surface area contributed by atoms with Crippen LogP contribution >= 0.6 is 12.6 Å². The average molecular weight is 380 g/mol. The molecule has 0 saturated carbocycles. The summed E-state index contributed by atoms with van der Waals surface area (Å²) in [7, 11) is 0. The van der Waals surface area contributed by atoms with Crippen molar-refractivity contribution in [2.75, 3.05) is 0 Å². The average Bonchev–Trinajstić information content (AvgIpc) is 2.75. The van der Waals surface area contributed by atoms with Crippen molar-refractivity contribution in [1.29, 1.82) is 0 Å². The van der Waals surface area contributed by atoms with Gasteiger partial charge in [-0.15, -0.1) is 12.6 Å². The third kappa shape index (κ3) is 2.63. The van der Waals surface area contributed by atoms with Gasteiger partial charge in [-0.05, 0) is 34.9 Å². The summed E-state index contributed by atoms with van der Waals surface area (Å²) < 4.78 is 6.17. The number of fused-ring (bicyclic) bond motifs is 2. The second-order valence-corrected chi connectivity index (χ2v) is 7.13. The molecule has 0 fully saturated rings. The zero-order chi connectivity index (χ0) is 19.1. The van der Waals surface area contributed by atoms with E-state index in [0.717, 1.165) is 27.1 Å². The maximum Gasteiger partial charge on any atom is 0.201 e. The topological polar surface area (TPSA) is 30.2 Å². The summed E-state index contributed by atoms with van der Waals surface area (Å²) in [6.07, 6.45) is 0. The molecular weight excluding hydrogens is 364 g/mol. The summed E-state index contributed by atoms with van der Waals surface area (Å²) in [6, 6.07) is 29.2. The van der Waals surface area contributed by atoms with Gasteiger partial charge in [0.1, 0.15) is 11.2 Å². The largest absolute Gasteiger partial charge is 0.456 e. The lowest BCUT2D eigenvalue weighted by molar-refractivity contribution is 0.660. The molecule has 0 bridgehead atoms. The summed E-state index contributed by atoms with van der Waals surface area (Å²) in [5.74, 6) is 0. The number of rotatable bonds is 2. The molecular formula is C25H16O2S. The van der Waals surface area contributed by atoms with Crippen molar-refractivity contribution in [2.45, 2.75) is 4.90 Å². The van der Waals surface area contributed by atoms with Crippen molar-refractivity contribution in [2.24, 2.45) is 0 Å². The fourth-order valence-electron chi connectivity index (χ4n) is 3.67. The van der Waals surface area contributed by atoms with Gasteiger partial charge in [0.25, 0.3) is 0 Å². The van der Waals surface area contributed by atoms with Crippen molar-refractivity contribution in [3.63, 3.8) is 0 Å². The summed E-state index contributed by atoms with van der Waals surface area (Å²) in [5.41, 5.74) is 4.84. The van der Waals surface area contributed by atoms with E-state index in [9.17, 15) is 4.79 Å². The summed E-state index contributed by atoms with van der Waals surface area (Å²) in [5, 5.41) is 1.14. The van der Waals surface area contributed by atoms with Crippen LogP contribution in [0.4, 0.5) is 0 Å². The molecule has 1 aromatic heterocycles. The van der Waals surface area contributed by atoms with E-state index in [1.165, 1.54) is 0 Å². The maximum atomic E-state index is 13.4.